The Morgan fingerprint density at radius 2 is 2.05 bits per heavy atom. The zero-order valence-corrected chi connectivity index (χ0v) is 11.5. The number of anilines is 1. The van der Waals surface area contributed by atoms with E-state index in [-0.39, 0.29) is 11.6 Å². The average Bonchev–Trinajstić information content (AvgIpc) is 3.01. The number of para-hydroxylation sites is 1. The number of carbonyl (C=O) groups excluding carboxylic acids is 1. The van der Waals surface area contributed by atoms with Gasteiger partial charge >= 0.3 is 0 Å². The quantitative estimate of drug-likeness (QED) is 0.436. The normalized spacial score (nSPS) is 14.6. The van der Waals surface area contributed by atoms with E-state index < -0.39 is 5.84 Å². The Balaban J connectivity index is 2.23. The Kier molecular flexibility index (Phi) is 4.51. The molecule has 0 unspecified atom stereocenters. The van der Waals surface area contributed by atoms with Gasteiger partial charge in [0.2, 0.25) is 5.71 Å². The van der Waals surface area contributed by atoms with Crippen LogP contribution >= 0.6 is 0 Å². The van der Waals surface area contributed by atoms with Crippen LogP contribution in [0.1, 0.15) is 23.2 Å². The second-order valence-corrected chi connectivity index (χ2v) is 4.64. The molecule has 0 aliphatic carbocycles. The standard InChI is InChI=1S/C14H16N6O/c15-9-12(13(16)17)19-18-11-6-2-1-5-10(11)14(21)20-7-3-4-8-20/h1-2,5-6,18H,3-4,7-8H2,(H3,16,17)/b19-12+. The zero-order valence-electron chi connectivity index (χ0n) is 11.5. The predicted octanol–water partition coefficient (Wildman–Crippen LogP) is 1.15. The molecule has 1 saturated heterocycles. The molecule has 21 heavy (non-hydrogen) atoms. The topological polar surface area (TPSA) is 118 Å². The number of amides is 1. The third-order valence-corrected chi connectivity index (χ3v) is 3.20. The summed E-state index contributed by atoms with van der Waals surface area (Å²) in [7, 11) is 0. The molecule has 1 heterocycles. The fourth-order valence-corrected chi connectivity index (χ4v) is 2.12. The van der Waals surface area contributed by atoms with E-state index in [0.29, 0.717) is 11.3 Å². The van der Waals surface area contributed by atoms with Gasteiger partial charge in [0.05, 0.1) is 11.3 Å². The minimum Gasteiger partial charge on any atom is -0.382 e. The molecule has 1 aromatic carbocycles. The van der Waals surface area contributed by atoms with E-state index in [1.807, 2.05) is 0 Å². The number of hydrogen-bond acceptors (Lipinski definition) is 5. The van der Waals surface area contributed by atoms with Gasteiger partial charge in [-0.05, 0) is 25.0 Å². The van der Waals surface area contributed by atoms with Crippen molar-refractivity contribution >= 4 is 23.1 Å². The molecule has 1 aliphatic rings. The largest absolute Gasteiger partial charge is 0.382 e. The molecule has 1 amide bonds. The van der Waals surface area contributed by atoms with Crippen molar-refractivity contribution in [3.8, 4) is 6.07 Å². The highest BCUT2D eigenvalue weighted by Gasteiger charge is 2.21. The second kappa shape index (κ2) is 6.52. The van der Waals surface area contributed by atoms with Gasteiger partial charge in [-0.3, -0.25) is 15.6 Å². The van der Waals surface area contributed by atoms with E-state index in [4.69, 9.17) is 16.4 Å². The van der Waals surface area contributed by atoms with Crippen molar-refractivity contribution in [1.29, 1.82) is 10.7 Å². The van der Waals surface area contributed by atoms with Crippen LogP contribution in [-0.4, -0.2) is 35.4 Å². The van der Waals surface area contributed by atoms with Crippen LogP contribution in [0.2, 0.25) is 0 Å². The number of carbonyl (C=O) groups is 1. The van der Waals surface area contributed by atoms with Crippen molar-refractivity contribution in [2.75, 3.05) is 18.5 Å². The number of nitrogens with one attached hydrogen (secondary N) is 2. The summed E-state index contributed by atoms with van der Waals surface area (Å²) in [5.41, 5.74) is 8.63. The van der Waals surface area contributed by atoms with E-state index in [1.54, 1.807) is 35.2 Å². The van der Waals surface area contributed by atoms with Crippen molar-refractivity contribution in [1.82, 2.24) is 4.90 Å². The molecule has 0 aromatic heterocycles. The van der Waals surface area contributed by atoms with Crippen molar-refractivity contribution < 1.29 is 4.79 Å². The maximum atomic E-state index is 12.4. The first-order chi connectivity index (χ1) is 10.1. The summed E-state index contributed by atoms with van der Waals surface area (Å²) in [6.07, 6.45) is 2.03. The van der Waals surface area contributed by atoms with E-state index in [1.165, 1.54) is 0 Å². The molecule has 1 aromatic rings. The Hall–Kier alpha value is -2.88. The van der Waals surface area contributed by atoms with Crippen molar-refractivity contribution in [3.05, 3.63) is 29.8 Å². The van der Waals surface area contributed by atoms with Gasteiger partial charge in [-0.15, -0.1) is 0 Å². The number of amidine groups is 1. The van der Waals surface area contributed by atoms with Gasteiger partial charge in [-0.1, -0.05) is 12.1 Å². The summed E-state index contributed by atoms with van der Waals surface area (Å²) in [5, 5.41) is 19.8. The summed E-state index contributed by atoms with van der Waals surface area (Å²) >= 11 is 0. The molecule has 7 nitrogen and oxygen atoms in total. The first-order valence-electron chi connectivity index (χ1n) is 6.60. The number of hydrazone groups is 1. The lowest BCUT2D eigenvalue weighted by Gasteiger charge is -2.17. The molecule has 1 aliphatic heterocycles. The number of nitrogens with two attached hydrogens (primary N) is 1. The molecule has 7 heteroatoms. The maximum Gasteiger partial charge on any atom is 0.256 e. The highest BCUT2D eigenvalue weighted by molar-refractivity contribution is 6.45. The number of benzene rings is 1. The Morgan fingerprint density at radius 3 is 2.67 bits per heavy atom. The third kappa shape index (κ3) is 3.36. The molecule has 0 bridgehead atoms. The van der Waals surface area contributed by atoms with Gasteiger partial charge in [0.15, 0.2) is 5.84 Å². The summed E-state index contributed by atoms with van der Waals surface area (Å²) in [5.74, 6) is -0.486. The van der Waals surface area contributed by atoms with Gasteiger partial charge in [0.25, 0.3) is 5.91 Å². The molecular weight excluding hydrogens is 268 g/mol. The van der Waals surface area contributed by atoms with Crippen LogP contribution in [0.15, 0.2) is 29.4 Å². The van der Waals surface area contributed by atoms with Crippen molar-refractivity contribution in [3.63, 3.8) is 0 Å². The fraction of sp³-hybridized carbons (Fsp3) is 0.286. The lowest BCUT2D eigenvalue weighted by atomic mass is 10.1. The number of likely N-dealkylation sites (tertiary alicyclic amines) is 1. The van der Waals surface area contributed by atoms with Crippen LogP contribution in [0.25, 0.3) is 0 Å². The molecule has 0 radical (unpaired) electrons. The van der Waals surface area contributed by atoms with Crippen LogP contribution in [0, 0.1) is 16.7 Å². The molecule has 4 N–H and O–H groups in total. The first kappa shape index (κ1) is 14.5. The van der Waals surface area contributed by atoms with Crippen LogP contribution in [0.4, 0.5) is 5.69 Å². The van der Waals surface area contributed by atoms with Crippen LogP contribution < -0.4 is 11.2 Å². The summed E-state index contributed by atoms with van der Waals surface area (Å²) in [6, 6.07) is 8.66. The van der Waals surface area contributed by atoms with Gasteiger partial charge < -0.3 is 10.6 Å². The molecule has 0 spiro atoms. The molecular formula is C14H16N6O. The molecule has 2 rings (SSSR count). The molecule has 108 valence electrons. The molecule has 1 fully saturated rings. The van der Waals surface area contributed by atoms with Gasteiger partial charge in [0, 0.05) is 13.1 Å². The van der Waals surface area contributed by atoms with Crippen LogP contribution in [-0.2, 0) is 0 Å². The summed E-state index contributed by atoms with van der Waals surface area (Å²) in [4.78, 5) is 14.2. The SMILES string of the molecule is N#C/C(=N\Nc1ccccc1C(=O)N1CCCC1)C(=N)N. The summed E-state index contributed by atoms with van der Waals surface area (Å²) in [6.45, 7) is 1.51. The lowest BCUT2D eigenvalue weighted by molar-refractivity contribution is 0.0793. The minimum atomic E-state index is -0.423. The van der Waals surface area contributed by atoms with Crippen molar-refractivity contribution in [2.45, 2.75) is 12.8 Å². The third-order valence-electron chi connectivity index (χ3n) is 3.20. The van der Waals surface area contributed by atoms with Crippen LogP contribution in [0.3, 0.4) is 0 Å². The molecule has 0 saturated carbocycles. The smallest absolute Gasteiger partial charge is 0.256 e. The maximum absolute atomic E-state index is 12.4. The zero-order chi connectivity index (χ0) is 15.2. The lowest BCUT2D eigenvalue weighted by Crippen LogP contribution is -2.28. The fourth-order valence-electron chi connectivity index (χ4n) is 2.12. The highest BCUT2D eigenvalue weighted by atomic mass is 16.2. The van der Waals surface area contributed by atoms with Gasteiger partial charge in [-0.25, -0.2) is 0 Å². The monoisotopic (exact) mass is 284 g/mol. The van der Waals surface area contributed by atoms with Crippen molar-refractivity contribution in [2.24, 2.45) is 10.8 Å². The minimum absolute atomic E-state index is 0.0628. The van der Waals surface area contributed by atoms with E-state index in [0.717, 1.165) is 25.9 Å². The Bertz CT molecular complexity index is 625. The first-order valence-corrected chi connectivity index (χ1v) is 6.60. The number of nitrogens with zero attached hydrogens (tertiary/aromatic N) is 3. The van der Waals surface area contributed by atoms with E-state index in [2.05, 4.69) is 10.5 Å². The second-order valence-electron chi connectivity index (χ2n) is 4.64. The molecule has 0 atom stereocenters. The summed E-state index contributed by atoms with van der Waals surface area (Å²) < 4.78 is 0. The highest BCUT2D eigenvalue weighted by Crippen LogP contribution is 2.20. The van der Waals surface area contributed by atoms with Crippen LogP contribution in [0.5, 0.6) is 0 Å². The van der Waals surface area contributed by atoms with E-state index >= 15 is 0 Å². The Morgan fingerprint density at radius 1 is 1.38 bits per heavy atom. The number of rotatable bonds is 4. The number of nitriles is 1. The Labute approximate surface area is 122 Å². The van der Waals surface area contributed by atoms with Gasteiger partial charge in [-0.2, -0.15) is 10.4 Å². The average molecular weight is 284 g/mol. The predicted molar refractivity (Wildman–Crippen MR) is 80.2 cm³/mol. The number of hydrogen-bond donors (Lipinski definition) is 3. The van der Waals surface area contributed by atoms with E-state index in [9.17, 15) is 4.79 Å². The van der Waals surface area contributed by atoms with Gasteiger partial charge in [0.1, 0.15) is 6.07 Å².